The minimum absolute atomic E-state index is 0.0519. The number of benzene rings is 3. The number of para-hydroxylation sites is 1. The number of piperidine rings is 1. The summed E-state index contributed by atoms with van der Waals surface area (Å²) in [6.45, 7) is 9.63. The molecule has 46 heavy (non-hydrogen) atoms. The minimum Gasteiger partial charge on any atom is -0.395 e. The second kappa shape index (κ2) is 12.2. The number of anilines is 2. The number of aryl methyl sites for hydroxylation is 1. The highest BCUT2D eigenvalue weighted by molar-refractivity contribution is 6.04. The summed E-state index contributed by atoms with van der Waals surface area (Å²) in [7, 11) is 0. The summed E-state index contributed by atoms with van der Waals surface area (Å²) in [4.78, 5) is 27.8. The summed E-state index contributed by atoms with van der Waals surface area (Å²) in [5, 5.41) is 14.1. The fourth-order valence-electron chi connectivity index (χ4n) is 5.94. The van der Waals surface area contributed by atoms with E-state index >= 15 is 0 Å². The lowest BCUT2D eigenvalue weighted by molar-refractivity contribution is -0.286. The number of alkyl halides is 2. The van der Waals surface area contributed by atoms with Crippen LogP contribution in [-0.4, -0.2) is 41.0 Å². The van der Waals surface area contributed by atoms with Gasteiger partial charge in [-0.25, -0.2) is 9.48 Å². The zero-order chi connectivity index (χ0) is 32.6. The standard InChI is InChI=1S/C35H37F2N5O4/c1-21-9-12-24(13-10-21)42-30(20-29(41-42)34(2,3)4)40-33(44)39-26-8-6-5-7-25(26)31(22-15-17-38-18-16-22)32(43)23-11-14-27-28(19-23)46-35(36,37)45-27/h5-14,19-20,22,31,38H,15-18H2,1-4H3,(H2,39,40,44). The van der Waals surface area contributed by atoms with E-state index in [2.05, 4.69) is 46.2 Å². The molecule has 2 aliphatic rings. The lowest BCUT2D eigenvalue weighted by atomic mass is 9.75. The molecule has 1 atom stereocenters. The predicted octanol–water partition coefficient (Wildman–Crippen LogP) is 7.41. The molecule has 4 aromatic rings. The van der Waals surface area contributed by atoms with Gasteiger partial charge in [-0.2, -0.15) is 5.10 Å². The van der Waals surface area contributed by atoms with Crippen molar-refractivity contribution in [1.29, 1.82) is 0 Å². The highest BCUT2D eigenvalue weighted by Gasteiger charge is 2.44. The monoisotopic (exact) mass is 629 g/mol. The molecule has 0 radical (unpaired) electrons. The average Bonchev–Trinajstić information content (AvgIpc) is 3.58. The topological polar surface area (TPSA) is 107 Å². The van der Waals surface area contributed by atoms with E-state index in [9.17, 15) is 18.4 Å². The van der Waals surface area contributed by atoms with Gasteiger partial charge in [-0.3, -0.25) is 10.1 Å². The van der Waals surface area contributed by atoms with Gasteiger partial charge in [0, 0.05) is 22.7 Å². The Balaban J connectivity index is 1.31. The number of nitrogens with one attached hydrogen (secondary N) is 3. The third-order valence-corrected chi connectivity index (χ3v) is 8.37. The van der Waals surface area contributed by atoms with Crippen LogP contribution in [0.3, 0.4) is 0 Å². The van der Waals surface area contributed by atoms with Crippen LogP contribution in [0.5, 0.6) is 11.5 Å². The van der Waals surface area contributed by atoms with Gasteiger partial charge in [0.05, 0.1) is 17.3 Å². The molecule has 2 amide bonds. The second-order valence-electron chi connectivity index (χ2n) is 12.8. The van der Waals surface area contributed by atoms with E-state index in [1.165, 1.54) is 18.2 Å². The number of carbonyl (C=O) groups excluding carboxylic acids is 2. The summed E-state index contributed by atoms with van der Waals surface area (Å²) in [6.07, 6.45) is -2.33. The molecule has 1 unspecified atom stereocenters. The van der Waals surface area contributed by atoms with Gasteiger partial charge < -0.3 is 20.1 Å². The quantitative estimate of drug-likeness (QED) is 0.184. The van der Waals surface area contributed by atoms with Crippen LogP contribution in [0.4, 0.5) is 25.1 Å². The Morgan fingerprint density at radius 2 is 1.65 bits per heavy atom. The van der Waals surface area contributed by atoms with E-state index in [4.69, 9.17) is 5.10 Å². The maximum Gasteiger partial charge on any atom is 0.586 e. The van der Waals surface area contributed by atoms with Crippen molar-refractivity contribution in [2.45, 2.75) is 58.2 Å². The molecule has 2 aliphatic heterocycles. The third kappa shape index (κ3) is 6.60. The molecule has 1 fully saturated rings. The number of hydrogen-bond donors (Lipinski definition) is 3. The number of nitrogens with zero attached hydrogens (tertiary/aromatic N) is 2. The van der Waals surface area contributed by atoms with E-state index < -0.39 is 18.2 Å². The Bertz CT molecular complexity index is 1760. The van der Waals surface area contributed by atoms with E-state index in [-0.39, 0.29) is 34.2 Å². The van der Waals surface area contributed by atoms with Gasteiger partial charge in [0.25, 0.3) is 0 Å². The Labute approximate surface area is 266 Å². The molecule has 1 aromatic heterocycles. The molecule has 0 aliphatic carbocycles. The number of urea groups is 1. The molecular formula is C35H37F2N5O4. The van der Waals surface area contributed by atoms with Crippen molar-refractivity contribution in [2.24, 2.45) is 5.92 Å². The molecule has 3 aromatic carbocycles. The van der Waals surface area contributed by atoms with Gasteiger partial charge in [-0.05, 0) is 80.7 Å². The van der Waals surface area contributed by atoms with Crippen LogP contribution in [0.25, 0.3) is 5.69 Å². The molecule has 1 saturated heterocycles. The van der Waals surface area contributed by atoms with Crippen LogP contribution in [-0.2, 0) is 5.41 Å². The maximum atomic E-state index is 14.2. The predicted molar refractivity (Wildman–Crippen MR) is 171 cm³/mol. The number of fused-ring (bicyclic) bond motifs is 1. The largest absolute Gasteiger partial charge is 0.586 e. The number of amides is 2. The van der Waals surface area contributed by atoms with Crippen molar-refractivity contribution in [3.8, 4) is 17.2 Å². The number of ketones is 1. The highest BCUT2D eigenvalue weighted by atomic mass is 19.3. The molecule has 0 saturated carbocycles. The number of Topliss-reactive ketones (excluding diaryl/α,β-unsaturated/α-hetero) is 1. The molecule has 240 valence electrons. The van der Waals surface area contributed by atoms with Crippen LogP contribution in [0.1, 0.15) is 66.7 Å². The number of ether oxygens (including phenoxy) is 2. The van der Waals surface area contributed by atoms with Crippen LogP contribution < -0.4 is 25.4 Å². The van der Waals surface area contributed by atoms with Gasteiger partial charge in [0.2, 0.25) is 0 Å². The van der Waals surface area contributed by atoms with Crippen molar-refractivity contribution in [1.82, 2.24) is 15.1 Å². The minimum atomic E-state index is -3.79. The van der Waals surface area contributed by atoms with Gasteiger partial charge in [0.1, 0.15) is 5.82 Å². The van der Waals surface area contributed by atoms with Gasteiger partial charge >= 0.3 is 12.3 Å². The van der Waals surface area contributed by atoms with Crippen molar-refractivity contribution < 1.29 is 27.8 Å². The first-order valence-electron chi connectivity index (χ1n) is 15.4. The van der Waals surface area contributed by atoms with Crippen LogP contribution in [0, 0.1) is 12.8 Å². The van der Waals surface area contributed by atoms with E-state index in [1.54, 1.807) is 16.8 Å². The van der Waals surface area contributed by atoms with Crippen molar-refractivity contribution >= 4 is 23.3 Å². The molecule has 0 bridgehead atoms. The molecule has 6 rings (SSSR count). The summed E-state index contributed by atoms with van der Waals surface area (Å²) < 4.78 is 38.3. The fourth-order valence-corrected chi connectivity index (χ4v) is 5.94. The van der Waals surface area contributed by atoms with Crippen LogP contribution in [0.15, 0.2) is 72.8 Å². The fraction of sp³-hybridized carbons (Fsp3) is 0.343. The first-order valence-corrected chi connectivity index (χ1v) is 15.4. The maximum absolute atomic E-state index is 14.2. The lowest BCUT2D eigenvalue weighted by Crippen LogP contribution is -2.34. The summed E-state index contributed by atoms with van der Waals surface area (Å²) in [5.74, 6) is -0.778. The van der Waals surface area contributed by atoms with Crippen molar-refractivity contribution in [3.05, 3.63) is 95.2 Å². The molecular weight excluding hydrogens is 592 g/mol. The third-order valence-electron chi connectivity index (χ3n) is 8.37. The van der Waals surface area contributed by atoms with Gasteiger partial charge in [0.15, 0.2) is 17.3 Å². The summed E-state index contributed by atoms with van der Waals surface area (Å²) in [5.41, 5.74) is 3.79. The Kier molecular flexibility index (Phi) is 8.28. The zero-order valence-corrected chi connectivity index (χ0v) is 26.2. The Morgan fingerprint density at radius 3 is 2.37 bits per heavy atom. The highest BCUT2D eigenvalue weighted by Crippen LogP contribution is 2.43. The van der Waals surface area contributed by atoms with Crippen molar-refractivity contribution in [3.63, 3.8) is 0 Å². The number of aromatic nitrogens is 2. The van der Waals surface area contributed by atoms with E-state index in [0.717, 1.165) is 42.9 Å². The van der Waals surface area contributed by atoms with Gasteiger partial charge in [-0.15, -0.1) is 8.78 Å². The molecule has 3 heterocycles. The summed E-state index contributed by atoms with van der Waals surface area (Å²) >= 11 is 0. The molecule has 3 N–H and O–H groups in total. The normalized spacial score (nSPS) is 16.6. The molecule has 9 nitrogen and oxygen atoms in total. The van der Waals surface area contributed by atoms with E-state index in [0.29, 0.717) is 17.1 Å². The zero-order valence-electron chi connectivity index (χ0n) is 26.2. The van der Waals surface area contributed by atoms with Crippen LogP contribution >= 0.6 is 0 Å². The summed E-state index contributed by atoms with van der Waals surface area (Å²) in [6, 6.07) is 20.5. The molecule has 11 heteroatoms. The first-order chi connectivity index (χ1) is 21.9. The van der Waals surface area contributed by atoms with Crippen molar-refractivity contribution in [2.75, 3.05) is 23.7 Å². The number of halogens is 2. The average molecular weight is 630 g/mol. The Morgan fingerprint density at radius 1 is 0.957 bits per heavy atom. The van der Waals surface area contributed by atoms with Crippen LogP contribution in [0.2, 0.25) is 0 Å². The number of hydrogen-bond acceptors (Lipinski definition) is 6. The SMILES string of the molecule is Cc1ccc(-n2nc(C(C)(C)C)cc2NC(=O)Nc2ccccc2C(C(=O)c2ccc3c(c2)OC(F)(F)O3)C2CCNCC2)cc1. The second-order valence-corrected chi connectivity index (χ2v) is 12.8. The van der Waals surface area contributed by atoms with E-state index in [1.807, 2.05) is 49.4 Å². The smallest absolute Gasteiger partial charge is 0.395 e. The number of rotatable bonds is 7. The Hall–Kier alpha value is -4.77. The first kappa shape index (κ1) is 31.2. The molecule has 0 spiro atoms. The van der Waals surface area contributed by atoms with Gasteiger partial charge in [-0.1, -0.05) is 56.7 Å². The number of carbonyl (C=O) groups is 2. The lowest BCUT2D eigenvalue weighted by Gasteiger charge is -2.31.